The fourth-order valence-corrected chi connectivity index (χ4v) is 4.25. The van der Waals surface area contributed by atoms with Gasteiger partial charge in [-0.3, -0.25) is 4.79 Å². The minimum absolute atomic E-state index is 0.146. The molecule has 0 unspecified atom stereocenters. The summed E-state index contributed by atoms with van der Waals surface area (Å²) < 4.78 is 21.1. The number of nitrogens with zero attached hydrogens (tertiary/aromatic N) is 3. The molecular weight excluding hydrogens is 393 g/mol. The van der Waals surface area contributed by atoms with Crippen LogP contribution in [0.25, 0.3) is 0 Å². The number of carbonyl (C=O) groups excluding carboxylic acids is 1. The average molecular weight is 413 g/mol. The molecule has 1 aliphatic heterocycles. The number of hydrogen-bond donors (Lipinski definition) is 2. The van der Waals surface area contributed by atoms with E-state index in [1.165, 1.54) is 23.9 Å². The Bertz CT molecular complexity index is 1020. The van der Waals surface area contributed by atoms with Crippen LogP contribution < -0.4 is 15.5 Å². The van der Waals surface area contributed by atoms with Crippen LogP contribution in [0, 0.1) is 5.82 Å². The smallest absolute Gasteiger partial charge is 0.240 e. The molecule has 0 saturated carbocycles. The van der Waals surface area contributed by atoms with Crippen molar-refractivity contribution in [1.82, 2.24) is 14.9 Å². The Balaban J connectivity index is 1.68. The van der Waals surface area contributed by atoms with Gasteiger partial charge in [-0.05, 0) is 29.8 Å². The second-order valence-electron chi connectivity index (χ2n) is 6.48. The molecule has 2 heterocycles. The molecule has 1 aromatic heterocycles. The Morgan fingerprint density at radius 2 is 2.00 bits per heavy atom. The van der Waals surface area contributed by atoms with E-state index in [0.29, 0.717) is 11.6 Å². The molecule has 29 heavy (non-hydrogen) atoms. The molecule has 0 saturated heterocycles. The predicted molar refractivity (Wildman–Crippen MR) is 109 cm³/mol. The van der Waals surface area contributed by atoms with Gasteiger partial charge in [-0.25, -0.2) is 9.07 Å². The van der Waals surface area contributed by atoms with Crippen molar-refractivity contribution in [3.05, 3.63) is 65.7 Å². The van der Waals surface area contributed by atoms with Crippen LogP contribution in [0.15, 0.2) is 53.7 Å². The molecule has 0 aliphatic carbocycles. The number of amides is 1. The zero-order chi connectivity index (χ0) is 20.4. The summed E-state index contributed by atoms with van der Waals surface area (Å²) in [4.78, 5) is 13.1. The molecule has 0 spiro atoms. The number of aromatic nitrogens is 3. The molecule has 150 valence electrons. The largest absolute Gasteiger partial charge is 0.497 e. The highest BCUT2D eigenvalue weighted by Gasteiger charge is 2.37. The van der Waals surface area contributed by atoms with E-state index in [9.17, 15) is 9.18 Å². The van der Waals surface area contributed by atoms with Gasteiger partial charge in [0.15, 0.2) is 5.82 Å². The van der Waals surface area contributed by atoms with Crippen LogP contribution in [0.2, 0.25) is 0 Å². The van der Waals surface area contributed by atoms with Crippen LogP contribution in [-0.2, 0) is 11.2 Å². The highest BCUT2D eigenvalue weighted by atomic mass is 32.2. The average Bonchev–Trinajstić information content (AvgIpc) is 3.16. The maximum atomic E-state index is 14.0. The van der Waals surface area contributed by atoms with Crippen LogP contribution in [0.4, 0.5) is 10.1 Å². The van der Waals surface area contributed by atoms with E-state index in [4.69, 9.17) is 4.74 Å². The van der Waals surface area contributed by atoms with Gasteiger partial charge in [0.05, 0.1) is 18.8 Å². The molecule has 2 atom stereocenters. The summed E-state index contributed by atoms with van der Waals surface area (Å²) in [5.41, 5.74) is 4.40. The van der Waals surface area contributed by atoms with Gasteiger partial charge in [-0.1, -0.05) is 43.0 Å². The number of thioether (sulfide) groups is 1. The molecule has 2 N–H and O–H groups in total. The van der Waals surface area contributed by atoms with Crippen molar-refractivity contribution in [3.63, 3.8) is 0 Å². The van der Waals surface area contributed by atoms with Crippen LogP contribution in [-0.4, -0.2) is 33.1 Å². The molecule has 9 heteroatoms. The van der Waals surface area contributed by atoms with Crippen LogP contribution >= 0.6 is 11.8 Å². The van der Waals surface area contributed by atoms with Crippen molar-refractivity contribution in [2.75, 3.05) is 17.9 Å². The summed E-state index contributed by atoms with van der Waals surface area (Å²) in [6, 6.07) is 13.2. The van der Waals surface area contributed by atoms with Crippen molar-refractivity contribution in [1.29, 1.82) is 0 Å². The van der Waals surface area contributed by atoms with E-state index in [0.717, 1.165) is 17.1 Å². The van der Waals surface area contributed by atoms with Crippen molar-refractivity contribution >= 4 is 23.4 Å². The first kappa shape index (κ1) is 19.3. The number of methoxy groups -OCH3 is 1. The Hall–Kier alpha value is -3.07. The summed E-state index contributed by atoms with van der Waals surface area (Å²) in [5.74, 6) is 0.704. The number of para-hydroxylation sites is 1. The van der Waals surface area contributed by atoms with Gasteiger partial charge in [-0.15, -0.1) is 10.2 Å². The monoisotopic (exact) mass is 413 g/mol. The van der Waals surface area contributed by atoms with Gasteiger partial charge in [0.1, 0.15) is 16.8 Å². The normalized spacial score (nSPS) is 17.9. The maximum absolute atomic E-state index is 14.0. The molecule has 1 amide bonds. The molecule has 2 aromatic carbocycles. The zero-order valence-electron chi connectivity index (χ0n) is 15.9. The molecule has 3 aromatic rings. The summed E-state index contributed by atoms with van der Waals surface area (Å²) >= 11 is 1.30. The van der Waals surface area contributed by atoms with Crippen LogP contribution in [0.3, 0.4) is 0 Å². The minimum Gasteiger partial charge on any atom is -0.497 e. The number of hydrogen-bond acceptors (Lipinski definition) is 6. The third-order valence-electron chi connectivity index (χ3n) is 4.68. The number of benzene rings is 2. The summed E-state index contributed by atoms with van der Waals surface area (Å²) in [6.07, 6.45) is 0.696. The quantitative estimate of drug-likeness (QED) is 0.667. The number of fused-ring (bicyclic) bond motifs is 1. The van der Waals surface area contributed by atoms with Gasteiger partial charge < -0.3 is 15.5 Å². The molecule has 4 rings (SSSR count). The number of halogens is 1. The van der Waals surface area contributed by atoms with Crippen molar-refractivity contribution in [2.45, 2.75) is 29.8 Å². The van der Waals surface area contributed by atoms with E-state index < -0.39 is 11.1 Å². The van der Waals surface area contributed by atoms with Crippen LogP contribution in [0.5, 0.6) is 5.75 Å². The summed E-state index contributed by atoms with van der Waals surface area (Å²) in [6.45, 7) is 1.99. The lowest BCUT2D eigenvalue weighted by Crippen LogP contribution is -2.41. The Kier molecular flexibility index (Phi) is 5.39. The number of ether oxygens (including phenoxy) is 1. The Morgan fingerprint density at radius 1 is 1.24 bits per heavy atom. The van der Waals surface area contributed by atoms with E-state index in [-0.39, 0.29) is 17.6 Å². The molecule has 0 radical (unpaired) electrons. The van der Waals surface area contributed by atoms with Crippen molar-refractivity contribution in [3.8, 4) is 5.75 Å². The highest BCUT2D eigenvalue weighted by Crippen LogP contribution is 2.38. The molecule has 0 fully saturated rings. The van der Waals surface area contributed by atoms with Gasteiger partial charge in [0.2, 0.25) is 11.1 Å². The fourth-order valence-electron chi connectivity index (χ4n) is 3.16. The maximum Gasteiger partial charge on any atom is 0.240 e. The predicted octanol–water partition coefficient (Wildman–Crippen LogP) is 3.39. The number of carbonyl (C=O) groups is 1. The molecule has 0 bridgehead atoms. The third kappa shape index (κ3) is 3.77. The van der Waals surface area contributed by atoms with E-state index in [1.807, 2.05) is 35.9 Å². The summed E-state index contributed by atoms with van der Waals surface area (Å²) in [7, 11) is 1.60. The lowest BCUT2D eigenvalue weighted by molar-refractivity contribution is -0.116. The second kappa shape index (κ2) is 8.12. The first-order valence-electron chi connectivity index (χ1n) is 9.17. The van der Waals surface area contributed by atoms with Gasteiger partial charge in [0, 0.05) is 6.42 Å². The van der Waals surface area contributed by atoms with E-state index in [2.05, 4.69) is 20.9 Å². The summed E-state index contributed by atoms with van der Waals surface area (Å²) in [5, 5.41) is 11.1. The van der Waals surface area contributed by atoms with E-state index >= 15 is 0 Å². The second-order valence-corrected chi connectivity index (χ2v) is 7.58. The molecule has 7 nitrogen and oxygen atoms in total. The lowest BCUT2D eigenvalue weighted by Gasteiger charge is -2.33. The zero-order valence-corrected chi connectivity index (χ0v) is 16.7. The lowest BCUT2D eigenvalue weighted by atomic mass is 10.0. The number of nitrogens with one attached hydrogen (secondary N) is 2. The Labute approximate surface area is 171 Å². The van der Waals surface area contributed by atoms with Gasteiger partial charge in [0.25, 0.3) is 0 Å². The van der Waals surface area contributed by atoms with Crippen LogP contribution in [0.1, 0.15) is 24.4 Å². The standard InChI is InChI=1S/C20H20FN5O2S/c1-3-16-23-24-20-26(16)25-17(12-8-10-13(28-2)11-9-12)18(29-20)19(27)22-15-7-5-4-6-14(15)21/h4-11,17-18,25H,3H2,1-2H3,(H,22,27)/t17-,18-/m1/s1. The van der Waals surface area contributed by atoms with Crippen molar-refractivity contribution < 1.29 is 13.9 Å². The highest BCUT2D eigenvalue weighted by molar-refractivity contribution is 8.00. The van der Waals surface area contributed by atoms with Gasteiger partial charge in [-0.2, -0.15) is 0 Å². The topological polar surface area (TPSA) is 81.1 Å². The third-order valence-corrected chi connectivity index (χ3v) is 5.90. The van der Waals surface area contributed by atoms with Gasteiger partial charge >= 0.3 is 0 Å². The van der Waals surface area contributed by atoms with E-state index in [1.54, 1.807) is 19.2 Å². The Morgan fingerprint density at radius 3 is 2.69 bits per heavy atom. The molecule has 1 aliphatic rings. The number of rotatable bonds is 5. The SMILES string of the molecule is CCc1nnc2n1N[C@H](c1ccc(OC)cc1)[C@H](C(=O)Nc1ccccc1F)S2. The first-order chi connectivity index (χ1) is 14.1. The minimum atomic E-state index is -0.579. The van der Waals surface area contributed by atoms with Crippen molar-refractivity contribution in [2.24, 2.45) is 0 Å². The molecular formula is C20H20FN5O2S. The number of anilines is 1. The first-order valence-corrected chi connectivity index (χ1v) is 10.1. The fraction of sp³-hybridized carbons (Fsp3) is 0.250. The number of aryl methyl sites for hydroxylation is 1.